The minimum Gasteiger partial charge on any atom is -0.211 e. The number of benzene rings is 1. The number of rotatable bonds is 5. The Kier molecular flexibility index (Phi) is 4.50. The zero-order chi connectivity index (χ0) is 12.2. The monoisotopic (exact) mass is 241 g/mol. The molecule has 0 bridgehead atoms. The van der Waals surface area contributed by atoms with Crippen LogP contribution in [0.25, 0.3) is 0 Å². The van der Waals surface area contributed by atoms with Gasteiger partial charge in [0.1, 0.15) is 0 Å². The molecule has 1 atom stereocenters. The van der Waals surface area contributed by atoms with Gasteiger partial charge in [-0.05, 0) is 30.0 Å². The van der Waals surface area contributed by atoms with E-state index in [0.717, 1.165) is 6.42 Å². The molecular weight excluding hydrogens is 222 g/mol. The summed E-state index contributed by atoms with van der Waals surface area (Å²) in [5.74, 6) is 0.468. The normalized spacial score (nSPS) is 13.7. The van der Waals surface area contributed by atoms with Crippen molar-refractivity contribution < 1.29 is 8.42 Å². The van der Waals surface area contributed by atoms with E-state index in [1.807, 2.05) is 12.1 Å². The lowest BCUT2D eigenvalue weighted by Crippen LogP contribution is -2.23. The zero-order valence-electron chi connectivity index (χ0n) is 10.0. The summed E-state index contributed by atoms with van der Waals surface area (Å²) in [5, 5.41) is 0. The number of hydrogen-bond donors (Lipinski definition) is 1. The summed E-state index contributed by atoms with van der Waals surface area (Å²) in [7, 11) is -3.31. The molecule has 0 fully saturated rings. The molecule has 90 valence electrons. The first kappa shape index (κ1) is 13.2. The highest BCUT2D eigenvalue weighted by atomic mass is 32.2. The Balaban J connectivity index is 2.95. The lowest BCUT2D eigenvalue weighted by molar-refractivity contribution is 0.584. The van der Waals surface area contributed by atoms with Crippen LogP contribution in [0.4, 0.5) is 0 Å². The molecule has 3 nitrogen and oxygen atoms in total. The summed E-state index contributed by atoms with van der Waals surface area (Å²) in [5.41, 5.74) is 1.18. The fraction of sp³-hybridized carbons (Fsp3) is 0.500. The Morgan fingerprint density at radius 1 is 1.19 bits per heavy atom. The third kappa shape index (κ3) is 3.06. The van der Waals surface area contributed by atoms with Gasteiger partial charge in [-0.2, -0.15) is 0 Å². The summed E-state index contributed by atoms with van der Waals surface area (Å²) < 4.78 is 25.8. The minimum absolute atomic E-state index is 0.335. The molecule has 0 saturated carbocycles. The average Bonchev–Trinajstić information content (AvgIpc) is 2.28. The van der Waals surface area contributed by atoms with Crippen molar-refractivity contribution in [1.29, 1.82) is 0 Å². The molecule has 1 rings (SSSR count). The summed E-state index contributed by atoms with van der Waals surface area (Å²) >= 11 is 0. The highest BCUT2D eigenvalue weighted by Crippen LogP contribution is 2.20. The van der Waals surface area contributed by atoms with E-state index in [1.165, 1.54) is 5.56 Å². The highest BCUT2D eigenvalue weighted by Gasteiger charge is 2.12. The van der Waals surface area contributed by atoms with Gasteiger partial charge in [-0.25, -0.2) is 13.1 Å². The first-order chi connectivity index (χ1) is 7.51. The summed E-state index contributed by atoms with van der Waals surface area (Å²) in [6.45, 7) is 6.43. The van der Waals surface area contributed by atoms with Gasteiger partial charge < -0.3 is 0 Å². The van der Waals surface area contributed by atoms with Gasteiger partial charge >= 0.3 is 0 Å². The molecule has 1 N–H and O–H groups in total. The van der Waals surface area contributed by atoms with E-state index < -0.39 is 10.0 Å². The van der Waals surface area contributed by atoms with Crippen LogP contribution in [-0.4, -0.2) is 15.0 Å². The predicted octanol–water partition coefficient (Wildman–Crippen LogP) is 2.50. The third-order valence-electron chi connectivity index (χ3n) is 2.71. The second-order valence-electron chi connectivity index (χ2n) is 3.88. The van der Waals surface area contributed by atoms with Crippen molar-refractivity contribution in [1.82, 2.24) is 4.72 Å². The number of hydrogen-bond acceptors (Lipinski definition) is 2. The molecular formula is C12H19NO2S. The molecule has 0 heterocycles. The number of nitrogens with one attached hydrogen (secondary N) is 1. The van der Waals surface area contributed by atoms with Crippen LogP contribution in [0.2, 0.25) is 0 Å². The molecule has 0 radical (unpaired) electrons. The fourth-order valence-corrected chi connectivity index (χ4v) is 2.53. The van der Waals surface area contributed by atoms with Crippen LogP contribution < -0.4 is 4.72 Å². The van der Waals surface area contributed by atoms with Crippen molar-refractivity contribution in [2.24, 2.45) is 0 Å². The van der Waals surface area contributed by atoms with Gasteiger partial charge in [0.05, 0.1) is 4.90 Å². The van der Waals surface area contributed by atoms with E-state index in [2.05, 4.69) is 18.6 Å². The largest absolute Gasteiger partial charge is 0.240 e. The molecule has 0 saturated heterocycles. The van der Waals surface area contributed by atoms with Crippen molar-refractivity contribution in [3.8, 4) is 0 Å². The molecule has 0 aliphatic carbocycles. The van der Waals surface area contributed by atoms with Gasteiger partial charge in [-0.3, -0.25) is 0 Å². The van der Waals surface area contributed by atoms with Gasteiger partial charge in [-0.15, -0.1) is 0 Å². The van der Waals surface area contributed by atoms with E-state index in [0.29, 0.717) is 17.4 Å². The van der Waals surface area contributed by atoms with Crippen LogP contribution >= 0.6 is 0 Å². The minimum atomic E-state index is -3.31. The van der Waals surface area contributed by atoms with E-state index >= 15 is 0 Å². The zero-order valence-corrected chi connectivity index (χ0v) is 10.8. The topological polar surface area (TPSA) is 46.2 Å². The van der Waals surface area contributed by atoms with Gasteiger partial charge in [0.2, 0.25) is 10.0 Å². The first-order valence-electron chi connectivity index (χ1n) is 5.60. The molecule has 0 amide bonds. The summed E-state index contributed by atoms with van der Waals surface area (Å²) in [4.78, 5) is 0.335. The molecule has 0 aromatic heterocycles. The molecule has 1 aromatic rings. The molecule has 0 aliphatic rings. The van der Waals surface area contributed by atoms with Crippen LogP contribution in [-0.2, 0) is 10.0 Å². The van der Waals surface area contributed by atoms with Crippen LogP contribution in [0.1, 0.15) is 38.7 Å². The van der Waals surface area contributed by atoms with Crippen molar-refractivity contribution in [3.63, 3.8) is 0 Å². The third-order valence-corrected chi connectivity index (χ3v) is 4.27. The SMILES string of the molecule is CCNS(=O)(=O)c1ccc([C@@H](C)CC)cc1. The molecule has 4 heteroatoms. The van der Waals surface area contributed by atoms with E-state index in [-0.39, 0.29) is 0 Å². The maximum Gasteiger partial charge on any atom is 0.240 e. The molecule has 1 aromatic carbocycles. The Morgan fingerprint density at radius 3 is 2.19 bits per heavy atom. The smallest absolute Gasteiger partial charge is 0.211 e. The summed E-state index contributed by atoms with van der Waals surface area (Å²) in [6.07, 6.45) is 1.05. The molecule has 16 heavy (non-hydrogen) atoms. The Morgan fingerprint density at radius 2 is 1.75 bits per heavy atom. The van der Waals surface area contributed by atoms with Gasteiger partial charge in [0.15, 0.2) is 0 Å². The highest BCUT2D eigenvalue weighted by molar-refractivity contribution is 7.89. The first-order valence-corrected chi connectivity index (χ1v) is 7.09. The maximum atomic E-state index is 11.7. The Bertz CT molecular complexity index is 423. The second kappa shape index (κ2) is 5.46. The van der Waals surface area contributed by atoms with Crippen molar-refractivity contribution in [2.75, 3.05) is 6.54 Å². The summed E-state index contributed by atoms with van der Waals surface area (Å²) in [6, 6.07) is 7.11. The van der Waals surface area contributed by atoms with Crippen LogP contribution in [0, 0.1) is 0 Å². The maximum absolute atomic E-state index is 11.7. The molecule has 0 aliphatic heterocycles. The average molecular weight is 241 g/mol. The van der Waals surface area contributed by atoms with E-state index in [9.17, 15) is 8.42 Å². The Labute approximate surface area is 97.9 Å². The van der Waals surface area contributed by atoms with Crippen LogP contribution in [0.3, 0.4) is 0 Å². The van der Waals surface area contributed by atoms with E-state index in [1.54, 1.807) is 19.1 Å². The van der Waals surface area contributed by atoms with Gasteiger partial charge in [0.25, 0.3) is 0 Å². The molecule has 0 spiro atoms. The standard InChI is InChI=1S/C12H19NO2S/c1-4-10(3)11-6-8-12(9-7-11)16(14,15)13-5-2/h6-10,13H,4-5H2,1-3H3/t10-/m0/s1. The van der Waals surface area contributed by atoms with Crippen LogP contribution in [0.5, 0.6) is 0 Å². The quantitative estimate of drug-likeness (QED) is 0.861. The lowest BCUT2D eigenvalue weighted by atomic mass is 9.99. The molecule has 0 unspecified atom stereocenters. The van der Waals surface area contributed by atoms with Gasteiger partial charge in [-0.1, -0.05) is 32.9 Å². The number of sulfonamides is 1. The van der Waals surface area contributed by atoms with Gasteiger partial charge in [0, 0.05) is 6.54 Å². The lowest BCUT2D eigenvalue weighted by Gasteiger charge is -2.10. The second-order valence-corrected chi connectivity index (χ2v) is 5.65. The van der Waals surface area contributed by atoms with Crippen molar-refractivity contribution in [3.05, 3.63) is 29.8 Å². The Hall–Kier alpha value is -0.870. The fourth-order valence-electron chi connectivity index (χ4n) is 1.48. The van der Waals surface area contributed by atoms with Crippen molar-refractivity contribution >= 4 is 10.0 Å². The van der Waals surface area contributed by atoms with Crippen LogP contribution in [0.15, 0.2) is 29.2 Å². The predicted molar refractivity (Wildman–Crippen MR) is 66.0 cm³/mol. The van der Waals surface area contributed by atoms with Crippen molar-refractivity contribution in [2.45, 2.75) is 38.0 Å². The van der Waals surface area contributed by atoms with E-state index in [4.69, 9.17) is 0 Å².